The maximum Gasteiger partial charge on any atom is 0.242 e. The van der Waals surface area contributed by atoms with Crippen LogP contribution in [-0.2, 0) is 0 Å². The van der Waals surface area contributed by atoms with Crippen molar-refractivity contribution in [2.45, 2.75) is 52.0 Å². The van der Waals surface area contributed by atoms with Crippen molar-refractivity contribution in [2.24, 2.45) is 0 Å². The van der Waals surface area contributed by atoms with Gasteiger partial charge >= 0.3 is 0 Å². The maximum atomic E-state index is 6.17. The number of anilines is 2. The Bertz CT molecular complexity index is 408. The zero-order valence-electron chi connectivity index (χ0n) is 11.9. The van der Waals surface area contributed by atoms with E-state index in [-0.39, 0.29) is 0 Å². The predicted octanol–water partition coefficient (Wildman–Crippen LogP) is 2.62. The average Bonchev–Trinajstić information content (AvgIpc) is 2.43. The molecule has 2 rings (SSSR count). The van der Waals surface area contributed by atoms with E-state index in [1.165, 1.54) is 32.1 Å². The molecule has 0 bridgehead atoms. The van der Waals surface area contributed by atoms with Gasteiger partial charge in [0.2, 0.25) is 5.88 Å². The zero-order chi connectivity index (χ0) is 13.7. The molecule has 1 aromatic rings. The number of ether oxygens (including phenoxy) is 1. The van der Waals surface area contributed by atoms with Gasteiger partial charge in [-0.25, -0.2) is 4.98 Å². The van der Waals surface area contributed by atoms with Gasteiger partial charge in [-0.2, -0.15) is 4.98 Å². The Kier molecular flexibility index (Phi) is 4.82. The van der Waals surface area contributed by atoms with E-state index in [0.29, 0.717) is 24.2 Å². The molecule has 106 valence electrons. The van der Waals surface area contributed by atoms with E-state index in [1.807, 2.05) is 6.92 Å². The molecule has 0 radical (unpaired) electrons. The van der Waals surface area contributed by atoms with Gasteiger partial charge in [0.1, 0.15) is 12.0 Å². The Morgan fingerprint density at radius 1 is 1.37 bits per heavy atom. The summed E-state index contributed by atoms with van der Waals surface area (Å²) in [6, 6.07) is 0.547. The highest BCUT2D eigenvalue weighted by Gasteiger charge is 2.25. The van der Waals surface area contributed by atoms with Crippen LogP contribution in [0.5, 0.6) is 5.88 Å². The van der Waals surface area contributed by atoms with Crippen molar-refractivity contribution in [3.63, 3.8) is 0 Å². The lowest BCUT2D eigenvalue weighted by Gasteiger charge is -2.37. The smallest absolute Gasteiger partial charge is 0.242 e. The second kappa shape index (κ2) is 6.59. The number of nitrogens with zero attached hydrogens (tertiary/aromatic N) is 3. The third kappa shape index (κ3) is 3.08. The van der Waals surface area contributed by atoms with E-state index >= 15 is 0 Å². The number of piperidine rings is 1. The van der Waals surface area contributed by atoms with Crippen molar-refractivity contribution in [1.82, 2.24) is 9.97 Å². The van der Waals surface area contributed by atoms with Gasteiger partial charge in [0.15, 0.2) is 5.82 Å². The highest BCUT2D eigenvalue weighted by molar-refractivity contribution is 5.68. The molecule has 0 saturated carbocycles. The number of aromatic nitrogens is 2. The van der Waals surface area contributed by atoms with Crippen LogP contribution in [0.3, 0.4) is 0 Å². The van der Waals surface area contributed by atoms with Crippen LogP contribution in [0.15, 0.2) is 6.33 Å². The van der Waals surface area contributed by atoms with Gasteiger partial charge in [-0.1, -0.05) is 13.3 Å². The summed E-state index contributed by atoms with van der Waals surface area (Å²) in [5, 5.41) is 0. The summed E-state index contributed by atoms with van der Waals surface area (Å²) < 4.78 is 5.46. The molecule has 1 aliphatic heterocycles. The van der Waals surface area contributed by atoms with Crippen molar-refractivity contribution in [3.05, 3.63) is 6.33 Å². The van der Waals surface area contributed by atoms with E-state index in [2.05, 4.69) is 21.8 Å². The summed E-state index contributed by atoms with van der Waals surface area (Å²) in [7, 11) is 0. The topological polar surface area (TPSA) is 64.3 Å². The molecule has 1 atom stereocenters. The molecule has 1 unspecified atom stereocenters. The quantitative estimate of drug-likeness (QED) is 0.885. The Balaban J connectivity index is 2.25. The molecular formula is C14H24N4O. The summed E-state index contributed by atoms with van der Waals surface area (Å²) in [5.74, 6) is 1.35. The minimum absolute atomic E-state index is 0.508. The molecule has 2 heterocycles. The van der Waals surface area contributed by atoms with Crippen molar-refractivity contribution in [3.8, 4) is 5.88 Å². The van der Waals surface area contributed by atoms with Gasteiger partial charge in [0.25, 0.3) is 0 Å². The monoisotopic (exact) mass is 264 g/mol. The SMILES string of the molecule is CCCC1CCCCN1c1ncnc(OCC)c1N. The van der Waals surface area contributed by atoms with Gasteiger partial charge in [-0.05, 0) is 32.6 Å². The molecule has 1 aliphatic rings. The normalized spacial score (nSPS) is 19.5. The Hall–Kier alpha value is -1.52. The molecule has 5 nitrogen and oxygen atoms in total. The van der Waals surface area contributed by atoms with Crippen LogP contribution in [0.25, 0.3) is 0 Å². The standard InChI is InChI=1S/C14H24N4O/c1-3-7-11-8-5-6-9-18(11)13-12(15)14(19-4-2)17-10-16-13/h10-11H,3-9,15H2,1-2H3. The molecule has 19 heavy (non-hydrogen) atoms. The highest BCUT2D eigenvalue weighted by atomic mass is 16.5. The summed E-state index contributed by atoms with van der Waals surface area (Å²) >= 11 is 0. The zero-order valence-corrected chi connectivity index (χ0v) is 11.9. The van der Waals surface area contributed by atoms with E-state index < -0.39 is 0 Å². The van der Waals surface area contributed by atoms with E-state index in [9.17, 15) is 0 Å². The molecular weight excluding hydrogens is 240 g/mol. The fraction of sp³-hybridized carbons (Fsp3) is 0.714. The molecule has 0 aliphatic carbocycles. The second-order valence-electron chi connectivity index (χ2n) is 4.98. The van der Waals surface area contributed by atoms with Crippen molar-refractivity contribution < 1.29 is 4.74 Å². The molecule has 2 N–H and O–H groups in total. The second-order valence-corrected chi connectivity index (χ2v) is 4.98. The summed E-state index contributed by atoms with van der Waals surface area (Å²) in [5.41, 5.74) is 6.74. The van der Waals surface area contributed by atoms with Crippen molar-refractivity contribution >= 4 is 11.5 Å². The Labute approximate surface area is 115 Å². The Morgan fingerprint density at radius 2 is 2.21 bits per heavy atom. The van der Waals surface area contributed by atoms with Gasteiger partial charge in [-0.15, -0.1) is 0 Å². The first kappa shape index (κ1) is 13.9. The van der Waals surface area contributed by atoms with Gasteiger partial charge in [0.05, 0.1) is 6.61 Å². The van der Waals surface area contributed by atoms with Crippen LogP contribution < -0.4 is 15.4 Å². The number of nitrogen functional groups attached to an aromatic ring is 1. The van der Waals surface area contributed by atoms with Gasteiger partial charge < -0.3 is 15.4 Å². The molecule has 0 amide bonds. The van der Waals surface area contributed by atoms with Crippen molar-refractivity contribution in [2.75, 3.05) is 23.8 Å². The number of hydrogen-bond acceptors (Lipinski definition) is 5. The maximum absolute atomic E-state index is 6.17. The third-order valence-electron chi connectivity index (χ3n) is 3.63. The number of nitrogens with two attached hydrogens (primary N) is 1. The van der Waals surface area contributed by atoms with Crippen LogP contribution in [-0.4, -0.2) is 29.2 Å². The van der Waals surface area contributed by atoms with Crippen LogP contribution in [0.1, 0.15) is 46.0 Å². The van der Waals surface area contributed by atoms with Crippen molar-refractivity contribution in [1.29, 1.82) is 0 Å². The van der Waals surface area contributed by atoms with E-state index in [0.717, 1.165) is 12.4 Å². The highest BCUT2D eigenvalue weighted by Crippen LogP contribution is 2.33. The molecule has 1 aromatic heterocycles. The van der Waals surface area contributed by atoms with Gasteiger partial charge in [0, 0.05) is 12.6 Å². The fourth-order valence-electron chi connectivity index (χ4n) is 2.76. The molecule has 1 fully saturated rings. The average molecular weight is 264 g/mol. The molecule has 0 aromatic carbocycles. The lowest BCUT2D eigenvalue weighted by molar-refractivity contribution is 0.327. The lowest BCUT2D eigenvalue weighted by atomic mass is 9.98. The van der Waals surface area contributed by atoms with Crippen LogP contribution in [0.4, 0.5) is 11.5 Å². The Morgan fingerprint density at radius 3 is 2.95 bits per heavy atom. The first-order valence-electron chi connectivity index (χ1n) is 7.27. The summed E-state index contributed by atoms with van der Waals surface area (Å²) in [6.45, 7) is 5.75. The first-order chi connectivity index (χ1) is 9.27. The van der Waals surface area contributed by atoms with Gasteiger partial charge in [-0.3, -0.25) is 0 Å². The molecule has 5 heteroatoms. The number of hydrogen-bond donors (Lipinski definition) is 1. The largest absolute Gasteiger partial charge is 0.476 e. The minimum atomic E-state index is 0.508. The van der Waals surface area contributed by atoms with E-state index in [4.69, 9.17) is 10.5 Å². The van der Waals surface area contributed by atoms with Crippen LogP contribution in [0, 0.1) is 0 Å². The number of rotatable bonds is 5. The predicted molar refractivity (Wildman–Crippen MR) is 77.5 cm³/mol. The third-order valence-corrected chi connectivity index (χ3v) is 3.63. The first-order valence-corrected chi connectivity index (χ1v) is 7.27. The summed E-state index contributed by atoms with van der Waals surface area (Å²) in [6.07, 6.45) is 7.64. The minimum Gasteiger partial charge on any atom is -0.476 e. The van der Waals surface area contributed by atoms with Crippen LogP contribution >= 0.6 is 0 Å². The lowest BCUT2D eigenvalue weighted by Crippen LogP contribution is -2.40. The fourth-order valence-corrected chi connectivity index (χ4v) is 2.76. The molecule has 0 spiro atoms. The van der Waals surface area contributed by atoms with Crippen LogP contribution in [0.2, 0.25) is 0 Å². The summed E-state index contributed by atoms with van der Waals surface area (Å²) in [4.78, 5) is 10.8. The molecule has 1 saturated heterocycles. The van der Waals surface area contributed by atoms with E-state index in [1.54, 1.807) is 6.33 Å².